The van der Waals surface area contributed by atoms with Gasteiger partial charge in [-0.1, -0.05) is 31.2 Å². The van der Waals surface area contributed by atoms with Crippen molar-refractivity contribution in [2.45, 2.75) is 75.5 Å². The monoisotopic (exact) mass is 597 g/mol. The number of piperidine rings is 1. The first-order valence-corrected chi connectivity index (χ1v) is 15.5. The fraction of sp³-hybridized carbons (Fsp3) is 0.697. The Kier molecular flexibility index (Phi) is 7.07. The number of carbonyl (C=O) groups excluding carboxylic acids is 2. The summed E-state index contributed by atoms with van der Waals surface area (Å²) in [6.45, 7) is 5.72. The molecule has 1 aromatic carbocycles. The summed E-state index contributed by atoms with van der Waals surface area (Å²) in [6, 6.07) is 8.82. The van der Waals surface area contributed by atoms with Crippen molar-refractivity contribution in [2.24, 2.45) is 28.6 Å². The summed E-state index contributed by atoms with van der Waals surface area (Å²) in [4.78, 5) is 28.5. The molecule has 0 aromatic heterocycles. The van der Waals surface area contributed by atoms with E-state index in [1.807, 2.05) is 6.07 Å². The third-order valence-electron chi connectivity index (χ3n) is 11.7. The van der Waals surface area contributed by atoms with Gasteiger partial charge in [-0.15, -0.1) is 0 Å². The summed E-state index contributed by atoms with van der Waals surface area (Å²) in [5, 5.41) is 12.8. The van der Waals surface area contributed by atoms with E-state index in [9.17, 15) is 14.7 Å². The molecule has 2 heterocycles. The van der Waals surface area contributed by atoms with E-state index >= 15 is 0 Å². The second-order valence-electron chi connectivity index (χ2n) is 13.4. The van der Waals surface area contributed by atoms with Crippen LogP contribution < -0.4 is 0 Å². The Bertz CT molecular complexity index is 1300. The van der Waals surface area contributed by atoms with E-state index in [2.05, 4.69) is 17.9 Å². The number of aliphatic hydroxyl groups is 1. The predicted octanol–water partition coefficient (Wildman–Crippen LogP) is 2.58. The Morgan fingerprint density at radius 3 is 2.51 bits per heavy atom. The van der Waals surface area contributed by atoms with Gasteiger partial charge in [-0.3, -0.25) is 9.69 Å². The molecule has 10 heteroatoms. The van der Waals surface area contributed by atoms with E-state index in [1.54, 1.807) is 38.5 Å². The lowest BCUT2D eigenvalue weighted by Crippen LogP contribution is -2.71. The molecule has 2 aliphatic heterocycles. The summed E-state index contributed by atoms with van der Waals surface area (Å²) in [5.41, 5.74) is -1.17. The van der Waals surface area contributed by atoms with Crippen molar-refractivity contribution in [3.63, 3.8) is 0 Å². The van der Waals surface area contributed by atoms with Crippen LogP contribution >= 0.6 is 0 Å². The lowest BCUT2D eigenvalue weighted by Gasteiger charge is -2.64. The molecular formula is C33H43NO9. The van der Waals surface area contributed by atoms with Crippen LogP contribution in [0.1, 0.15) is 43.5 Å². The number of methoxy groups -OCH3 is 3. The smallest absolute Gasteiger partial charge is 0.338 e. The summed E-state index contributed by atoms with van der Waals surface area (Å²) in [7, 11) is 5.03. The molecule has 0 spiro atoms. The van der Waals surface area contributed by atoms with Crippen molar-refractivity contribution >= 4 is 11.9 Å². The number of hydrogen-bond acceptors (Lipinski definition) is 10. The van der Waals surface area contributed by atoms with Crippen LogP contribution in [0.5, 0.6) is 0 Å². The van der Waals surface area contributed by atoms with Gasteiger partial charge in [0.1, 0.15) is 24.0 Å². The highest BCUT2D eigenvalue weighted by Gasteiger charge is 2.81. The average molecular weight is 598 g/mol. The lowest BCUT2D eigenvalue weighted by atomic mass is 9.46. The number of benzene rings is 1. The first-order valence-electron chi connectivity index (χ1n) is 15.5. The van der Waals surface area contributed by atoms with Crippen molar-refractivity contribution in [3.8, 4) is 0 Å². The predicted molar refractivity (Wildman–Crippen MR) is 153 cm³/mol. The minimum atomic E-state index is -1.62. The molecule has 5 fully saturated rings. The highest BCUT2D eigenvalue weighted by molar-refractivity contribution is 5.89. The second-order valence-corrected chi connectivity index (χ2v) is 13.4. The van der Waals surface area contributed by atoms with Crippen LogP contribution in [0.4, 0.5) is 0 Å². The van der Waals surface area contributed by atoms with Crippen molar-refractivity contribution in [2.75, 3.05) is 41.0 Å². The number of hydrogen-bond donors (Lipinski definition) is 1. The number of nitrogens with zero attached hydrogens (tertiary/aromatic N) is 1. The largest absolute Gasteiger partial charge is 0.455 e. The fourth-order valence-corrected chi connectivity index (χ4v) is 10.7. The highest BCUT2D eigenvalue weighted by atomic mass is 16.6. The van der Waals surface area contributed by atoms with Gasteiger partial charge in [0.15, 0.2) is 6.10 Å². The minimum absolute atomic E-state index is 0.0290. The van der Waals surface area contributed by atoms with E-state index < -0.39 is 47.2 Å². The first kappa shape index (κ1) is 29.4. The molecule has 10 nitrogen and oxygen atoms in total. The molecule has 1 unspecified atom stereocenters. The van der Waals surface area contributed by atoms with Crippen LogP contribution in [0.3, 0.4) is 0 Å². The van der Waals surface area contributed by atoms with Crippen molar-refractivity contribution in [1.82, 2.24) is 4.90 Å². The molecule has 7 rings (SSSR count). The molecule has 12 atom stereocenters. The minimum Gasteiger partial charge on any atom is -0.455 e. The molecule has 3 saturated carbocycles. The van der Waals surface area contributed by atoms with Crippen molar-refractivity contribution in [1.29, 1.82) is 0 Å². The SMILES string of the molecule is CCN1C[C@]2(COC)CC[C@H](OC)[C@@]34C1O[C@H](C=C1[C@H]5[C@@H](OC(=O)c6ccccc6)[C@](O)(C[C@H]53)[C@@H](OC)[C@@H]1OC(C)=O)[C@H]24. The third-order valence-corrected chi connectivity index (χ3v) is 11.7. The molecule has 43 heavy (non-hydrogen) atoms. The molecular weight excluding hydrogens is 554 g/mol. The molecule has 6 aliphatic rings. The zero-order valence-electron chi connectivity index (χ0n) is 25.6. The summed E-state index contributed by atoms with van der Waals surface area (Å²) in [5.74, 6) is -1.60. The van der Waals surface area contributed by atoms with E-state index in [0.717, 1.165) is 31.5 Å². The first-order chi connectivity index (χ1) is 20.7. The number of fused-ring (bicyclic) bond motifs is 1. The number of esters is 2. The van der Waals surface area contributed by atoms with Gasteiger partial charge in [0, 0.05) is 57.5 Å². The molecule has 0 radical (unpaired) electrons. The van der Waals surface area contributed by atoms with Crippen LogP contribution in [-0.4, -0.2) is 105 Å². The quantitative estimate of drug-likeness (QED) is 0.355. The van der Waals surface area contributed by atoms with E-state index in [4.69, 9.17) is 28.4 Å². The highest BCUT2D eigenvalue weighted by Crippen LogP contribution is 2.74. The van der Waals surface area contributed by atoms with Crippen molar-refractivity contribution < 1.29 is 43.1 Å². The number of likely N-dealkylation sites (tertiary alicyclic amines) is 1. The zero-order chi connectivity index (χ0) is 30.3. The summed E-state index contributed by atoms with van der Waals surface area (Å²) >= 11 is 0. The van der Waals surface area contributed by atoms with Gasteiger partial charge in [0.05, 0.1) is 24.4 Å². The van der Waals surface area contributed by atoms with Gasteiger partial charge >= 0.3 is 11.9 Å². The van der Waals surface area contributed by atoms with Gasteiger partial charge in [-0.05, 0) is 49.4 Å². The Morgan fingerprint density at radius 2 is 1.86 bits per heavy atom. The third kappa shape index (κ3) is 3.80. The number of carbonyl (C=O) groups is 2. The maximum Gasteiger partial charge on any atom is 0.338 e. The van der Waals surface area contributed by atoms with Gasteiger partial charge in [-0.2, -0.15) is 0 Å². The van der Waals surface area contributed by atoms with Crippen LogP contribution in [-0.2, 0) is 33.2 Å². The number of ether oxygens (including phenoxy) is 6. The van der Waals surface area contributed by atoms with Crippen LogP contribution in [0.15, 0.2) is 42.0 Å². The lowest BCUT2D eigenvalue weighted by molar-refractivity contribution is -0.246. The molecule has 7 bridgehead atoms. The summed E-state index contributed by atoms with van der Waals surface area (Å²) < 4.78 is 37.7. The number of rotatable bonds is 8. The Morgan fingerprint density at radius 1 is 1.09 bits per heavy atom. The molecule has 234 valence electrons. The summed E-state index contributed by atoms with van der Waals surface area (Å²) in [6.07, 6.45) is 0.695. The van der Waals surface area contributed by atoms with E-state index in [-0.39, 0.29) is 42.1 Å². The normalized spacial score (nSPS) is 45.7. The molecule has 2 saturated heterocycles. The average Bonchev–Trinajstić information content (AvgIpc) is 3.33. The Labute approximate surface area is 252 Å². The van der Waals surface area contributed by atoms with E-state index in [1.165, 1.54) is 14.0 Å². The van der Waals surface area contributed by atoms with Gasteiger partial charge in [-0.25, -0.2) is 4.79 Å². The second kappa shape index (κ2) is 10.4. The Balaban J connectivity index is 1.44. The van der Waals surface area contributed by atoms with E-state index in [0.29, 0.717) is 12.2 Å². The fourth-order valence-electron chi connectivity index (χ4n) is 10.7. The maximum atomic E-state index is 13.6. The molecule has 0 amide bonds. The standard InChI is InChI=1S/C33H43NO9/c1-6-34-16-31(17-38-3)13-12-23(39-4)33-21-15-32(37)27(43-29(36)19-10-8-7-9-11-19)24(21)20(14-22(26(31)33)42-30(33)34)25(28(32)40-5)41-18(2)35/h7-11,14,21-28,30,37H,6,12-13,15-17H2,1-5H3/t21-,22-,23+,24-,25-,26-,27-,28+,30?,31+,32-,33+/m1/s1. The molecule has 4 aliphatic carbocycles. The van der Waals surface area contributed by atoms with Gasteiger partial charge in [0.2, 0.25) is 0 Å². The van der Waals surface area contributed by atoms with Gasteiger partial charge in [0.25, 0.3) is 0 Å². The molecule has 1 N–H and O–H groups in total. The van der Waals surface area contributed by atoms with Crippen LogP contribution in [0, 0.1) is 28.6 Å². The van der Waals surface area contributed by atoms with Gasteiger partial charge < -0.3 is 33.5 Å². The molecule has 1 aromatic rings. The van der Waals surface area contributed by atoms with Crippen LogP contribution in [0.2, 0.25) is 0 Å². The maximum absolute atomic E-state index is 13.6. The topological polar surface area (TPSA) is 113 Å². The zero-order valence-corrected chi connectivity index (χ0v) is 25.6. The Hall–Kier alpha value is -2.34. The van der Waals surface area contributed by atoms with Crippen LogP contribution in [0.25, 0.3) is 0 Å². The van der Waals surface area contributed by atoms with Crippen molar-refractivity contribution in [3.05, 3.63) is 47.5 Å².